The number of nitrogens with zero attached hydrogens (tertiary/aromatic N) is 1. The van der Waals surface area contributed by atoms with E-state index < -0.39 is 0 Å². The SMILES string of the molecule is COc1cc(OC)cc(C(=O)Nc2ccc(N3CCC(Cc4ccccc4)CC3)c(C(=O)NCC(C)C)c2)c1. The zero-order chi connectivity index (χ0) is 27.8. The normalized spacial score (nSPS) is 13.7. The van der Waals surface area contributed by atoms with Crippen molar-refractivity contribution in [3.05, 3.63) is 83.4 Å². The van der Waals surface area contributed by atoms with Crippen molar-refractivity contribution in [2.75, 3.05) is 44.1 Å². The first-order valence-electron chi connectivity index (χ1n) is 13.6. The molecule has 206 valence electrons. The number of hydrogen-bond donors (Lipinski definition) is 2. The Labute approximate surface area is 231 Å². The fourth-order valence-corrected chi connectivity index (χ4v) is 4.93. The van der Waals surface area contributed by atoms with Gasteiger partial charge in [0.15, 0.2) is 0 Å². The largest absolute Gasteiger partial charge is 0.497 e. The van der Waals surface area contributed by atoms with Crippen molar-refractivity contribution in [3.63, 3.8) is 0 Å². The number of carbonyl (C=O) groups excluding carboxylic acids is 2. The van der Waals surface area contributed by atoms with Crippen molar-refractivity contribution in [3.8, 4) is 11.5 Å². The van der Waals surface area contributed by atoms with Crippen LogP contribution in [0.1, 0.15) is 53.0 Å². The van der Waals surface area contributed by atoms with E-state index in [0.29, 0.717) is 46.7 Å². The van der Waals surface area contributed by atoms with Gasteiger partial charge < -0.3 is 25.0 Å². The summed E-state index contributed by atoms with van der Waals surface area (Å²) in [5, 5.41) is 5.99. The third-order valence-electron chi connectivity index (χ3n) is 7.11. The molecular weight excluding hydrogens is 490 g/mol. The minimum atomic E-state index is -0.310. The van der Waals surface area contributed by atoms with Crippen LogP contribution in [0.15, 0.2) is 66.7 Å². The Kier molecular flexibility index (Phi) is 9.47. The summed E-state index contributed by atoms with van der Waals surface area (Å²) in [4.78, 5) is 28.7. The highest BCUT2D eigenvalue weighted by molar-refractivity contribution is 6.06. The molecule has 1 aliphatic heterocycles. The summed E-state index contributed by atoms with van der Waals surface area (Å²) in [7, 11) is 3.09. The monoisotopic (exact) mass is 529 g/mol. The molecule has 4 rings (SSSR count). The number of anilines is 2. The second-order valence-corrected chi connectivity index (χ2v) is 10.5. The number of carbonyl (C=O) groups is 2. The zero-order valence-corrected chi connectivity index (χ0v) is 23.3. The maximum Gasteiger partial charge on any atom is 0.255 e. The van der Waals surface area contributed by atoms with Gasteiger partial charge in [-0.2, -0.15) is 0 Å². The molecule has 39 heavy (non-hydrogen) atoms. The highest BCUT2D eigenvalue weighted by atomic mass is 16.5. The Balaban J connectivity index is 1.52. The minimum Gasteiger partial charge on any atom is -0.497 e. The van der Waals surface area contributed by atoms with E-state index in [1.807, 2.05) is 12.1 Å². The molecule has 7 heteroatoms. The van der Waals surface area contributed by atoms with Crippen molar-refractivity contribution in [2.45, 2.75) is 33.1 Å². The number of methoxy groups -OCH3 is 2. The Morgan fingerprint density at radius 3 is 2.18 bits per heavy atom. The van der Waals surface area contributed by atoms with E-state index in [0.717, 1.165) is 38.0 Å². The van der Waals surface area contributed by atoms with E-state index in [1.165, 1.54) is 5.56 Å². The van der Waals surface area contributed by atoms with Gasteiger partial charge >= 0.3 is 0 Å². The molecule has 3 aromatic rings. The van der Waals surface area contributed by atoms with Crippen molar-refractivity contribution in [1.82, 2.24) is 5.32 Å². The molecule has 1 aliphatic rings. The average Bonchev–Trinajstić information content (AvgIpc) is 2.96. The van der Waals surface area contributed by atoms with Crippen molar-refractivity contribution < 1.29 is 19.1 Å². The number of amides is 2. The van der Waals surface area contributed by atoms with E-state index >= 15 is 0 Å². The van der Waals surface area contributed by atoms with Crippen LogP contribution in [0.3, 0.4) is 0 Å². The fourth-order valence-electron chi connectivity index (χ4n) is 4.93. The van der Waals surface area contributed by atoms with E-state index in [4.69, 9.17) is 9.47 Å². The highest BCUT2D eigenvalue weighted by Crippen LogP contribution is 2.31. The molecule has 0 aromatic heterocycles. The van der Waals surface area contributed by atoms with Gasteiger partial charge in [0.2, 0.25) is 0 Å². The molecular formula is C32H39N3O4. The topological polar surface area (TPSA) is 79.9 Å². The average molecular weight is 530 g/mol. The third kappa shape index (κ3) is 7.53. The van der Waals surface area contributed by atoms with E-state index in [9.17, 15) is 9.59 Å². The lowest BCUT2D eigenvalue weighted by Crippen LogP contribution is -2.36. The number of hydrogen-bond acceptors (Lipinski definition) is 5. The molecule has 2 amide bonds. The molecule has 0 atom stereocenters. The predicted molar refractivity (Wildman–Crippen MR) is 156 cm³/mol. The summed E-state index contributed by atoms with van der Waals surface area (Å²) in [5.41, 5.74) is 3.80. The van der Waals surface area contributed by atoms with Gasteiger partial charge in [-0.25, -0.2) is 0 Å². The Hall–Kier alpha value is -4.00. The Morgan fingerprint density at radius 2 is 1.56 bits per heavy atom. The van der Waals surface area contributed by atoms with Gasteiger partial charge in [0.1, 0.15) is 11.5 Å². The number of benzene rings is 3. The molecule has 0 spiro atoms. The molecule has 7 nitrogen and oxygen atoms in total. The summed E-state index contributed by atoms with van der Waals surface area (Å²) in [6, 6.07) is 21.2. The second kappa shape index (κ2) is 13.2. The zero-order valence-electron chi connectivity index (χ0n) is 23.3. The summed E-state index contributed by atoms with van der Waals surface area (Å²) in [5.74, 6) is 1.57. The third-order valence-corrected chi connectivity index (χ3v) is 7.11. The number of rotatable bonds is 10. The number of piperidine rings is 1. The minimum absolute atomic E-state index is 0.135. The smallest absolute Gasteiger partial charge is 0.255 e. The van der Waals surface area contributed by atoms with Gasteiger partial charge in [0.05, 0.1) is 19.8 Å². The van der Waals surface area contributed by atoms with Crippen LogP contribution in [0.4, 0.5) is 11.4 Å². The standard InChI is InChI=1S/C32H39N3O4/c1-22(2)21-33-32(37)29-19-26(34-31(36)25-17-27(38-3)20-28(18-25)39-4)10-11-30(29)35-14-12-24(13-15-35)16-23-8-6-5-7-9-23/h5-11,17-20,22,24H,12-16,21H2,1-4H3,(H,33,37)(H,34,36). The van der Waals surface area contributed by atoms with Crippen LogP contribution >= 0.6 is 0 Å². The molecule has 1 saturated heterocycles. The first kappa shape index (κ1) is 28.0. The molecule has 0 bridgehead atoms. The van der Waals surface area contributed by atoms with E-state index in [-0.39, 0.29) is 11.8 Å². The van der Waals surface area contributed by atoms with Gasteiger partial charge in [-0.1, -0.05) is 44.2 Å². The lowest BCUT2D eigenvalue weighted by molar-refractivity contribution is 0.0948. The Morgan fingerprint density at radius 1 is 0.897 bits per heavy atom. The van der Waals surface area contributed by atoms with Crippen molar-refractivity contribution in [2.24, 2.45) is 11.8 Å². The van der Waals surface area contributed by atoms with Crippen LogP contribution in [-0.2, 0) is 6.42 Å². The van der Waals surface area contributed by atoms with Crippen LogP contribution in [0.2, 0.25) is 0 Å². The molecule has 0 unspecified atom stereocenters. The van der Waals surface area contributed by atoms with E-state index in [1.54, 1.807) is 38.5 Å². The first-order valence-corrected chi connectivity index (χ1v) is 13.6. The second-order valence-electron chi connectivity index (χ2n) is 10.5. The van der Waals surface area contributed by atoms with Gasteiger partial charge in [-0.05, 0) is 67.0 Å². The van der Waals surface area contributed by atoms with Crippen LogP contribution in [-0.4, -0.2) is 45.7 Å². The molecule has 0 radical (unpaired) electrons. The van der Waals surface area contributed by atoms with Gasteiger partial charge in [0.25, 0.3) is 11.8 Å². The molecule has 0 saturated carbocycles. The molecule has 2 N–H and O–H groups in total. The molecule has 3 aromatic carbocycles. The Bertz CT molecular complexity index is 1250. The van der Waals surface area contributed by atoms with Gasteiger partial charge in [-0.15, -0.1) is 0 Å². The van der Waals surface area contributed by atoms with E-state index in [2.05, 4.69) is 59.7 Å². The lowest BCUT2D eigenvalue weighted by Gasteiger charge is -2.35. The van der Waals surface area contributed by atoms with Crippen LogP contribution in [0.25, 0.3) is 0 Å². The summed E-state index contributed by atoms with van der Waals surface area (Å²) in [6.07, 6.45) is 3.21. The van der Waals surface area contributed by atoms with Crippen molar-refractivity contribution in [1.29, 1.82) is 0 Å². The summed E-state index contributed by atoms with van der Waals surface area (Å²) in [6.45, 7) is 6.49. The summed E-state index contributed by atoms with van der Waals surface area (Å²) >= 11 is 0. The molecule has 1 fully saturated rings. The maximum atomic E-state index is 13.3. The van der Waals surface area contributed by atoms with Crippen LogP contribution in [0, 0.1) is 11.8 Å². The van der Waals surface area contributed by atoms with Gasteiger partial charge in [-0.3, -0.25) is 9.59 Å². The maximum absolute atomic E-state index is 13.3. The molecule has 0 aliphatic carbocycles. The number of ether oxygens (including phenoxy) is 2. The van der Waals surface area contributed by atoms with Gasteiger partial charge in [0, 0.05) is 42.6 Å². The molecule has 1 heterocycles. The number of nitrogens with one attached hydrogen (secondary N) is 2. The first-order chi connectivity index (χ1) is 18.9. The quantitative estimate of drug-likeness (QED) is 0.347. The summed E-state index contributed by atoms with van der Waals surface area (Å²) < 4.78 is 10.6. The highest BCUT2D eigenvalue weighted by Gasteiger charge is 2.24. The van der Waals surface area contributed by atoms with Crippen LogP contribution < -0.4 is 25.0 Å². The lowest BCUT2D eigenvalue weighted by atomic mass is 9.89. The van der Waals surface area contributed by atoms with Crippen molar-refractivity contribution >= 4 is 23.2 Å². The van der Waals surface area contributed by atoms with Crippen LogP contribution in [0.5, 0.6) is 11.5 Å². The fraction of sp³-hybridized carbons (Fsp3) is 0.375. The predicted octanol–water partition coefficient (Wildman–Crippen LogP) is 5.80.